The molecule has 6 heteroatoms. The number of carbonyl (C=O) groups excluding carboxylic acids is 1. The van der Waals surface area contributed by atoms with Gasteiger partial charge in [-0.05, 0) is 30.5 Å². The van der Waals surface area contributed by atoms with Gasteiger partial charge < -0.3 is 20.4 Å². The minimum absolute atomic E-state index is 0.0182. The number of aromatic nitrogens is 2. The number of likely N-dealkylation sites (tertiary alicyclic amines) is 1. The van der Waals surface area contributed by atoms with Crippen LogP contribution < -0.4 is 10.5 Å². The van der Waals surface area contributed by atoms with Crippen LogP contribution in [0.4, 0.5) is 0 Å². The highest BCUT2D eigenvalue weighted by molar-refractivity contribution is 5.91. The van der Waals surface area contributed by atoms with Crippen molar-refractivity contribution in [3.63, 3.8) is 0 Å². The Morgan fingerprint density at radius 2 is 2.24 bits per heavy atom. The van der Waals surface area contributed by atoms with Gasteiger partial charge in [0, 0.05) is 36.7 Å². The minimum Gasteiger partial charge on any atom is -0.492 e. The van der Waals surface area contributed by atoms with E-state index in [0.29, 0.717) is 13.2 Å². The molecule has 1 aromatic heterocycles. The molecule has 130 valence electrons. The fraction of sp³-hybridized carbons (Fsp3) is 0.368. The number of hydrogen-bond donors (Lipinski definition) is 2. The van der Waals surface area contributed by atoms with Crippen LogP contribution >= 0.6 is 0 Å². The third-order valence-corrected chi connectivity index (χ3v) is 5.31. The molecule has 1 saturated heterocycles. The summed E-state index contributed by atoms with van der Waals surface area (Å²) in [6.07, 6.45) is 8.49. The smallest absolute Gasteiger partial charge is 0.246 e. The van der Waals surface area contributed by atoms with Crippen molar-refractivity contribution in [3.8, 4) is 5.75 Å². The highest BCUT2D eigenvalue weighted by Gasteiger charge is 2.43. The highest BCUT2D eigenvalue weighted by atomic mass is 16.5. The Balaban J connectivity index is 1.45. The van der Waals surface area contributed by atoms with Crippen molar-refractivity contribution in [3.05, 3.63) is 53.6 Å². The second kappa shape index (κ2) is 6.37. The van der Waals surface area contributed by atoms with Gasteiger partial charge in [-0.2, -0.15) is 0 Å². The first-order chi connectivity index (χ1) is 12.2. The lowest BCUT2D eigenvalue weighted by atomic mass is 9.74. The molecule has 0 aliphatic carbocycles. The molecule has 1 amide bonds. The molecular weight excluding hydrogens is 316 g/mol. The van der Waals surface area contributed by atoms with Gasteiger partial charge in [-0.25, -0.2) is 4.98 Å². The van der Waals surface area contributed by atoms with Gasteiger partial charge in [0.15, 0.2) is 0 Å². The Labute approximate surface area is 146 Å². The average molecular weight is 338 g/mol. The molecule has 25 heavy (non-hydrogen) atoms. The van der Waals surface area contributed by atoms with Gasteiger partial charge in [-0.15, -0.1) is 0 Å². The number of imidazole rings is 1. The fourth-order valence-electron chi connectivity index (χ4n) is 3.73. The van der Waals surface area contributed by atoms with Gasteiger partial charge in [0.1, 0.15) is 5.75 Å². The lowest BCUT2D eigenvalue weighted by Crippen LogP contribution is -2.45. The maximum absolute atomic E-state index is 12.4. The molecule has 0 atom stereocenters. The van der Waals surface area contributed by atoms with Crippen molar-refractivity contribution in [2.24, 2.45) is 5.73 Å². The number of hydrogen-bond acceptors (Lipinski definition) is 4. The first-order valence-corrected chi connectivity index (χ1v) is 8.62. The van der Waals surface area contributed by atoms with Crippen molar-refractivity contribution >= 4 is 12.0 Å². The SMILES string of the molecule is NCc1ccc2c(c1)C1(CCN(C(=O)/C=C\c3cnc[nH]3)CC1)CO2. The quantitative estimate of drug-likeness (QED) is 0.836. The van der Waals surface area contributed by atoms with Crippen LogP contribution in [-0.4, -0.2) is 40.5 Å². The molecule has 1 spiro atoms. The summed E-state index contributed by atoms with van der Waals surface area (Å²) in [6, 6.07) is 6.23. The van der Waals surface area contributed by atoms with Gasteiger partial charge >= 0.3 is 0 Å². The molecule has 2 aliphatic heterocycles. The zero-order valence-electron chi connectivity index (χ0n) is 14.1. The normalized spacial score (nSPS) is 18.5. The molecular formula is C19H22N4O2. The fourth-order valence-corrected chi connectivity index (χ4v) is 3.73. The summed E-state index contributed by atoms with van der Waals surface area (Å²) in [4.78, 5) is 21.2. The Morgan fingerprint density at radius 3 is 2.96 bits per heavy atom. The number of fused-ring (bicyclic) bond motifs is 2. The average Bonchev–Trinajstić information content (AvgIpc) is 3.29. The Hall–Kier alpha value is -2.60. The van der Waals surface area contributed by atoms with Crippen molar-refractivity contribution in [1.29, 1.82) is 0 Å². The molecule has 2 aliphatic rings. The van der Waals surface area contributed by atoms with Crippen molar-refractivity contribution in [2.75, 3.05) is 19.7 Å². The standard InChI is InChI=1S/C19H22N4O2/c20-10-14-1-3-17-16(9-14)19(12-25-17)5-7-23(8-6-19)18(24)4-2-15-11-21-13-22-15/h1-4,9,11,13H,5-8,10,12,20H2,(H,21,22)/b4-2-. The lowest BCUT2D eigenvalue weighted by Gasteiger charge is -2.38. The summed E-state index contributed by atoms with van der Waals surface area (Å²) in [7, 11) is 0. The Bertz CT molecular complexity index is 790. The summed E-state index contributed by atoms with van der Waals surface area (Å²) in [5, 5.41) is 0. The number of benzene rings is 1. The monoisotopic (exact) mass is 338 g/mol. The van der Waals surface area contributed by atoms with Crippen molar-refractivity contribution in [1.82, 2.24) is 14.9 Å². The topological polar surface area (TPSA) is 84.2 Å². The van der Waals surface area contributed by atoms with Crippen LogP contribution in [0.5, 0.6) is 5.75 Å². The predicted octanol–water partition coefficient (Wildman–Crippen LogP) is 1.83. The van der Waals surface area contributed by atoms with E-state index in [-0.39, 0.29) is 11.3 Å². The number of nitrogens with two attached hydrogens (primary N) is 1. The summed E-state index contributed by atoms with van der Waals surface area (Å²) >= 11 is 0. The van der Waals surface area contributed by atoms with Crippen molar-refractivity contribution < 1.29 is 9.53 Å². The second-order valence-electron chi connectivity index (χ2n) is 6.77. The molecule has 1 aromatic carbocycles. The molecule has 1 fully saturated rings. The van der Waals surface area contributed by atoms with Gasteiger partial charge in [-0.1, -0.05) is 12.1 Å². The van der Waals surface area contributed by atoms with Gasteiger partial charge in [0.2, 0.25) is 5.91 Å². The molecule has 0 bridgehead atoms. The van der Waals surface area contributed by atoms with E-state index in [9.17, 15) is 4.79 Å². The summed E-state index contributed by atoms with van der Waals surface area (Å²) < 4.78 is 5.91. The maximum Gasteiger partial charge on any atom is 0.246 e. The van der Waals surface area contributed by atoms with E-state index in [0.717, 1.165) is 42.9 Å². The van der Waals surface area contributed by atoms with E-state index in [2.05, 4.69) is 16.0 Å². The van der Waals surface area contributed by atoms with Crippen LogP contribution in [0.1, 0.15) is 29.7 Å². The van der Waals surface area contributed by atoms with E-state index in [1.165, 1.54) is 5.56 Å². The van der Waals surface area contributed by atoms with E-state index >= 15 is 0 Å². The number of nitrogens with zero attached hydrogens (tertiary/aromatic N) is 2. The lowest BCUT2D eigenvalue weighted by molar-refractivity contribution is -0.127. The van der Waals surface area contributed by atoms with Crippen LogP contribution in [0.2, 0.25) is 0 Å². The predicted molar refractivity (Wildman–Crippen MR) is 94.9 cm³/mol. The zero-order valence-corrected chi connectivity index (χ0v) is 14.1. The summed E-state index contributed by atoms with van der Waals surface area (Å²) in [5.41, 5.74) is 9.02. The first-order valence-electron chi connectivity index (χ1n) is 8.62. The number of nitrogens with one attached hydrogen (secondary N) is 1. The van der Waals surface area contributed by atoms with Crippen LogP contribution in [0.15, 0.2) is 36.8 Å². The van der Waals surface area contributed by atoms with Crippen LogP contribution in [0.3, 0.4) is 0 Å². The molecule has 2 aromatic rings. The summed E-state index contributed by atoms with van der Waals surface area (Å²) in [6.45, 7) is 2.71. The molecule has 3 heterocycles. The number of carbonyl (C=O) groups is 1. The van der Waals surface area contributed by atoms with Crippen molar-refractivity contribution in [2.45, 2.75) is 24.8 Å². The van der Waals surface area contributed by atoms with E-state index in [1.807, 2.05) is 17.0 Å². The van der Waals surface area contributed by atoms with Gasteiger partial charge in [-0.3, -0.25) is 4.79 Å². The molecule has 0 radical (unpaired) electrons. The first kappa shape index (κ1) is 15.9. The molecule has 0 saturated carbocycles. The largest absolute Gasteiger partial charge is 0.492 e. The number of rotatable bonds is 3. The van der Waals surface area contributed by atoms with Gasteiger partial charge in [0.25, 0.3) is 0 Å². The zero-order chi connectivity index (χ0) is 17.3. The Morgan fingerprint density at radius 1 is 1.40 bits per heavy atom. The van der Waals surface area contributed by atoms with Gasteiger partial charge in [0.05, 0.1) is 24.8 Å². The maximum atomic E-state index is 12.4. The third-order valence-electron chi connectivity index (χ3n) is 5.31. The van der Waals surface area contributed by atoms with Crippen LogP contribution in [0, 0.1) is 0 Å². The number of piperidine rings is 1. The second-order valence-corrected chi connectivity index (χ2v) is 6.77. The number of ether oxygens (including phenoxy) is 1. The number of H-pyrrole nitrogens is 1. The molecule has 4 rings (SSSR count). The van der Waals surface area contributed by atoms with E-state index < -0.39 is 0 Å². The molecule has 0 unspecified atom stereocenters. The highest BCUT2D eigenvalue weighted by Crippen LogP contribution is 2.45. The number of amides is 1. The van der Waals surface area contributed by atoms with Crippen LogP contribution in [0.25, 0.3) is 6.08 Å². The molecule has 3 N–H and O–H groups in total. The van der Waals surface area contributed by atoms with E-state index in [4.69, 9.17) is 10.5 Å². The minimum atomic E-state index is 0.0182. The number of aromatic amines is 1. The Kier molecular flexibility index (Phi) is 4.05. The third kappa shape index (κ3) is 2.93. The van der Waals surface area contributed by atoms with Crippen LogP contribution in [-0.2, 0) is 16.8 Å². The summed E-state index contributed by atoms with van der Waals surface area (Å²) in [5.74, 6) is 1.01. The molecule has 6 nitrogen and oxygen atoms in total. The van der Waals surface area contributed by atoms with E-state index in [1.54, 1.807) is 24.7 Å².